The van der Waals surface area contributed by atoms with Gasteiger partial charge >= 0.3 is 0 Å². The smallest absolute Gasteiger partial charge is 0.191 e. The second-order valence-corrected chi connectivity index (χ2v) is 5.09. The van der Waals surface area contributed by atoms with Crippen LogP contribution in [0.3, 0.4) is 0 Å². The summed E-state index contributed by atoms with van der Waals surface area (Å²) < 4.78 is 10.5. The maximum Gasteiger partial charge on any atom is 0.191 e. The Morgan fingerprint density at radius 1 is 1.17 bits per heavy atom. The van der Waals surface area contributed by atoms with Crippen LogP contribution in [0.2, 0.25) is 0 Å². The first kappa shape index (κ1) is 22.0. The van der Waals surface area contributed by atoms with Gasteiger partial charge in [-0.2, -0.15) is 0 Å². The summed E-state index contributed by atoms with van der Waals surface area (Å²) in [5.74, 6) is 2.20. The van der Waals surface area contributed by atoms with E-state index in [0.29, 0.717) is 12.5 Å². The lowest BCUT2D eigenvalue weighted by atomic mass is 9.98. The highest BCUT2D eigenvalue weighted by Crippen LogP contribution is 2.21. The largest absolute Gasteiger partial charge is 0.497 e. The molecule has 0 saturated heterocycles. The molecule has 5 nitrogen and oxygen atoms in total. The van der Waals surface area contributed by atoms with Gasteiger partial charge in [0.05, 0.1) is 13.7 Å². The molecule has 1 aromatic carbocycles. The van der Waals surface area contributed by atoms with Gasteiger partial charge < -0.3 is 20.1 Å². The Bertz CT molecular complexity index is 438. The number of hydrogen-bond acceptors (Lipinski definition) is 3. The fourth-order valence-corrected chi connectivity index (χ4v) is 2.11. The molecule has 0 aliphatic heterocycles. The fourth-order valence-electron chi connectivity index (χ4n) is 2.11. The Kier molecular flexibility index (Phi) is 12.8. The zero-order valence-corrected chi connectivity index (χ0v) is 16.9. The van der Waals surface area contributed by atoms with Crippen molar-refractivity contribution in [1.82, 2.24) is 10.6 Å². The number of benzene rings is 1. The number of ether oxygens (including phenoxy) is 2. The van der Waals surface area contributed by atoms with E-state index in [1.807, 2.05) is 19.1 Å². The SMILES string of the molecule is CCOCCNC(=NC)NCCC(C)c1ccc(OC)cc1.I. The second-order valence-electron chi connectivity index (χ2n) is 5.09. The lowest BCUT2D eigenvalue weighted by Gasteiger charge is -2.15. The first-order chi connectivity index (χ1) is 10.7. The quantitative estimate of drug-likeness (QED) is 0.271. The van der Waals surface area contributed by atoms with E-state index in [1.54, 1.807) is 14.2 Å². The highest BCUT2D eigenvalue weighted by atomic mass is 127. The van der Waals surface area contributed by atoms with E-state index in [9.17, 15) is 0 Å². The van der Waals surface area contributed by atoms with Crippen molar-refractivity contribution in [3.8, 4) is 5.75 Å². The minimum absolute atomic E-state index is 0. The molecule has 0 radical (unpaired) electrons. The van der Waals surface area contributed by atoms with Crippen molar-refractivity contribution in [2.45, 2.75) is 26.2 Å². The summed E-state index contributed by atoms with van der Waals surface area (Å²) in [6.07, 6.45) is 1.04. The standard InChI is InChI=1S/C17H29N3O2.HI/c1-5-22-13-12-20-17(18-3)19-11-10-14(2)15-6-8-16(21-4)9-7-15;/h6-9,14H,5,10-13H2,1-4H3,(H2,18,19,20);1H. The van der Waals surface area contributed by atoms with Crippen LogP contribution >= 0.6 is 24.0 Å². The molecule has 1 rings (SSSR count). The molecule has 0 fully saturated rings. The first-order valence-corrected chi connectivity index (χ1v) is 7.87. The molecule has 6 heteroatoms. The number of hydrogen-bond donors (Lipinski definition) is 2. The highest BCUT2D eigenvalue weighted by Gasteiger charge is 2.06. The summed E-state index contributed by atoms with van der Waals surface area (Å²) in [6.45, 7) is 7.30. The minimum Gasteiger partial charge on any atom is -0.497 e. The molecule has 132 valence electrons. The molecule has 0 aliphatic rings. The summed E-state index contributed by atoms with van der Waals surface area (Å²) in [4.78, 5) is 4.20. The Morgan fingerprint density at radius 2 is 1.83 bits per heavy atom. The summed E-state index contributed by atoms with van der Waals surface area (Å²) in [7, 11) is 3.47. The van der Waals surface area contributed by atoms with Crippen molar-refractivity contribution in [3.63, 3.8) is 0 Å². The molecule has 0 aliphatic carbocycles. The third kappa shape index (κ3) is 9.00. The van der Waals surface area contributed by atoms with Gasteiger partial charge in [0.15, 0.2) is 5.96 Å². The lowest BCUT2D eigenvalue weighted by molar-refractivity contribution is 0.152. The van der Waals surface area contributed by atoms with Gasteiger partial charge in [-0.25, -0.2) is 0 Å². The number of nitrogens with zero attached hydrogens (tertiary/aromatic N) is 1. The van der Waals surface area contributed by atoms with Gasteiger partial charge in [0.1, 0.15) is 5.75 Å². The van der Waals surface area contributed by atoms with Crippen LogP contribution in [0.5, 0.6) is 5.75 Å². The van der Waals surface area contributed by atoms with E-state index in [1.165, 1.54) is 5.56 Å². The molecule has 1 aromatic rings. The van der Waals surface area contributed by atoms with E-state index < -0.39 is 0 Å². The molecular formula is C17H30IN3O2. The third-order valence-electron chi connectivity index (χ3n) is 3.52. The van der Waals surface area contributed by atoms with E-state index >= 15 is 0 Å². The molecule has 0 bridgehead atoms. The van der Waals surface area contributed by atoms with Gasteiger partial charge in [-0.05, 0) is 37.0 Å². The monoisotopic (exact) mass is 435 g/mol. The van der Waals surface area contributed by atoms with Gasteiger partial charge in [0, 0.05) is 26.7 Å². The number of guanidine groups is 1. The molecule has 0 aromatic heterocycles. The molecule has 0 spiro atoms. The van der Waals surface area contributed by atoms with Gasteiger partial charge in [0.25, 0.3) is 0 Å². The van der Waals surface area contributed by atoms with Gasteiger partial charge in [-0.3, -0.25) is 4.99 Å². The number of halogens is 1. The fraction of sp³-hybridized carbons (Fsp3) is 0.588. The van der Waals surface area contributed by atoms with Gasteiger partial charge in [-0.15, -0.1) is 24.0 Å². The second kappa shape index (κ2) is 13.4. The van der Waals surface area contributed by atoms with Crippen LogP contribution in [0.15, 0.2) is 29.3 Å². The molecule has 0 heterocycles. The Labute approximate surface area is 157 Å². The van der Waals surface area contributed by atoms with Crippen molar-refractivity contribution in [3.05, 3.63) is 29.8 Å². The lowest BCUT2D eigenvalue weighted by Crippen LogP contribution is -2.39. The van der Waals surface area contributed by atoms with Crippen LogP contribution in [0.4, 0.5) is 0 Å². The van der Waals surface area contributed by atoms with Crippen LogP contribution in [0.1, 0.15) is 31.7 Å². The summed E-state index contributed by atoms with van der Waals surface area (Å²) in [6, 6.07) is 8.26. The maximum absolute atomic E-state index is 5.29. The van der Waals surface area contributed by atoms with Crippen LogP contribution < -0.4 is 15.4 Å². The molecule has 2 N–H and O–H groups in total. The molecule has 23 heavy (non-hydrogen) atoms. The Balaban J connectivity index is 0.00000484. The van der Waals surface area contributed by atoms with E-state index in [0.717, 1.165) is 37.8 Å². The van der Waals surface area contributed by atoms with Crippen molar-refractivity contribution < 1.29 is 9.47 Å². The average molecular weight is 435 g/mol. The van der Waals surface area contributed by atoms with Crippen LogP contribution in [-0.4, -0.2) is 46.4 Å². The Morgan fingerprint density at radius 3 is 2.39 bits per heavy atom. The van der Waals surface area contributed by atoms with Crippen molar-refractivity contribution in [2.24, 2.45) is 4.99 Å². The number of methoxy groups -OCH3 is 1. The average Bonchev–Trinajstić information content (AvgIpc) is 2.57. The highest BCUT2D eigenvalue weighted by molar-refractivity contribution is 14.0. The predicted octanol–water partition coefficient (Wildman–Crippen LogP) is 3.01. The van der Waals surface area contributed by atoms with E-state index in [-0.39, 0.29) is 24.0 Å². The first-order valence-electron chi connectivity index (χ1n) is 7.87. The van der Waals surface area contributed by atoms with Crippen LogP contribution in [0, 0.1) is 0 Å². The predicted molar refractivity (Wildman–Crippen MR) is 107 cm³/mol. The molecule has 1 atom stereocenters. The number of aliphatic imine (C=N–C) groups is 1. The van der Waals surface area contributed by atoms with Crippen LogP contribution in [0.25, 0.3) is 0 Å². The normalized spacial score (nSPS) is 12.3. The summed E-state index contributed by atoms with van der Waals surface area (Å²) in [5, 5.41) is 6.56. The molecular weight excluding hydrogens is 405 g/mol. The van der Waals surface area contributed by atoms with Gasteiger partial charge in [0.2, 0.25) is 0 Å². The zero-order valence-electron chi connectivity index (χ0n) is 14.6. The summed E-state index contributed by atoms with van der Waals surface area (Å²) >= 11 is 0. The van der Waals surface area contributed by atoms with Crippen molar-refractivity contribution in [2.75, 3.05) is 40.5 Å². The maximum atomic E-state index is 5.29. The number of nitrogens with one attached hydrogen (secondary N) is 2. The van der Waals surface area contributed by atoms with E-state index in [4.69, 9.17) is 9.47 Å². The minimum atomic E-state index is 0. The summed E-state index contributed by atoms with van der Waals surface area (Å²) in [5.41, 5.74) is 1.32. The number of rotatable bonds is 9. The Hall–Kier alpha value is -1.02. The zero-order chi connectivity index (χ0) is 16.2. The van der Waals surface area contributed by atoms with Gasteiger partial charge in [-0.1, -0.05) is 19.1 Å². The van der Waals surface area contributed by atoms with E-state index in [2.05, 4.69) is 34.7 Å². The molecule has 1 unspecified atom stereocenters. The topological polar surface area (TPSA) is 54.9 Å². The third-order valence-corrected chi connectivity index (χ3v) is 3.52. The van der Waals surface area contributed by atoms with Crippen molar-refractivity contribution in [1.29, 1.82) is 0 Å². The molecule has 0 saturated carbocycles. The van der Waals surface area contributed by atoms with Crippen LogP contribution in [-0.2, 0) is 4.74 Å². The van der Waals surface area contributed by atoms with Crippen molar-refractivity contribution >= 4 is 29.9 Å². The molecule has 0 amide bonds.